The molecule has 4 rings (SSSR count). The summed E-state index contributed by atoms with van der Waals surface area (Å²) in [5.74, 6) is 0.794. The van der Waals surface area contributed by atoms with Gasteiger partial charge >= 0.3 is 0 Å². The van der Waals surface area contributed by atoms with Crippen molar-refractivity contribution in [2.75, 3.05) is 18.4 Å². The predicted octanol–water partition coefficient (Wildman–Crippen LogP) is 5.86. The van der Waals surface area contributed by atoms with E-state index in [1.807, 2.05) is 19.1 Å². The lowest BCUT2D eigenvalue weighted by Gasteiger charge is -2.31. The molecule has 2 aromatic carbocycles. The Bertz CT molecular complexity index is 1100. The van der Waals surface area contributed by atoms with Gasteiger partial charge in [0, 0.05) is 27.8 Å². The molecular formula is C22H21Cl3N4O2. The fourth-order valence-corrected chi connectivity index (χ4v) is 4.43. The second kappa shape index (κ2) is 9.57. The first-order chi connectivity index (χ1) is 14.9. The summed E-state index contributed by atoms with van der Waals surface area (Å²) in [5.41, 5.74) is 2.39. The van der Waals surface area contributed by atoms with E-state index >= 15 is 0 Å². The summed E-state index contributed by atoms with van der Waals surface area (Å²) in [5, 5.41) is 8.73. The van der Waals surface area contributed by atoms with Gasteiger partial charge in [-0.2, -0.15) is 4.98 Å². The number of aromatic nitrogens is 2. The first kappa shape index (κ1) is 22.1. The molecule has 1 unspecified atom stereocenters. The van der Waals surface area contributed by atoms with Crippen molar-refractivity contribution < 1.29 is 9.32 Å². The van der Waals surface area contributed by atoms with E-state index in [2.05, 4.69) is 20.4 Å². The monoisotopic (exact) mass is 478 g/mol. The van der Waals surface area contributed by atoms with Crippen LogP contribution in [-0.4, -0.2) is 34.0 Å². The van der Waals surface area contributed by atoms with Gasteiger partial charge in [-0.25, -0.2) is 0 Å². The Morgan fingerprint density at radius 2 is 1.97 bits per heavy atom. The highest BCUT2D eigenvalue weighted by molar-refractivity contribution is 6.36. The molecule has 31 heavy (non-hydrogen) atoms. The van der Waals surface area contributed by atoms with Gasteiger partial charge in [0.1, 0.15) is 0 Å². The highest BCUT2D eigenvalue weighted by Crippen LogP contribution is 2.29. The van der Waals surface area contributed by atoms with Gasteiger partial charge in [-0.15, -0.1) is 0 Å². The number of carbonyl (C=O) groups is 1. The highest BCUT2D eigenvalue weighted by Gasteiger charge is 2.27. The molecule has 1 aliphatic heterocycles. The number of aryl methyl sites for hydroxylation is 1. The molecule has 0 radical (unpaired) electrons. The number of hydrogen-bond acceptors (Lipinski definition) is 5. The number of rotatable bonds is 5. The van der Waals surface area contributed by atoms with Gasteiger partial charge in [-0.3, -0.25) is 9.69 Å². The Kier molecular flexibility index (Phi) is 6.82. The predicted molar refractivity (Wildman–Crippen MR) is 123 cm³/mol. The van der Waals surface area contributed by atoms with Crippen LogP contribution in [0.1, 0.15) is 24.3 Å². The first-order valence-corrected chi connectivity index (χ1v) is 11.1. The first-order valence-electron chi connectivity index (χ1n) is 9.96. The normalized spacial score (nSPS) is 17.0. The van der Waals surface area contributed by atoms with E-state index in [4.69, 9.17) is 39.3 Å². The number of amides is 1. The van der Waals surface area contributed by atoms with E-state index in [9.17, 15) is 4.79 Å². The zero-order valence-electron chi connectivity index (χ0n) is 16.9. The number of halogens is 3. The Morgan fingerprint density at radius 3 is 2.74 bits per heavy atom. The van der Waals surface area contributed by atoms with Gasteiger partial charge in [0.15, 0.2) is 0 Å². The molecule has 1 N–H and O–H groups in total. The van der Waals surface area contributed by atoms with Gasteiger partial charge in [-0.05, 0) is 68.3 Å². The second-order valence-corrected chi connectivity index (χ2v) is 8.94. The summed E-state index contributed by atoms with van der Waals surface area (Å²) in [7, 11) is 0. The van der Waals surface area contributed by atoms with Crippen LogP contribution in [-0.2, 0) is 11.3 Å². The van der Waals surface area contributed by atoms with Crippen molar-refractivity contribution in [3.05, 3.63) is 62.9 Å². The molecule has 6 nitrogen and oxygen atoms in total. The SMILES string of the molecule is Cc1cc(Cl)ccc1NC(=O)C1CCCN(Cc2nc(-c3ccc(Cl)cc3Cl)no2)C1. The third kappa shape index (κ3) is 5.39. The van der Waals surface area contributed by atoms with E-state index < -0.39 is 0 Å². The summed E-state index contributed by atoms with van der Waals surface area (Å²) in [6.07, 6.45) is 1.76. The number of hydrogen-bond donors (Lipinski definition) is 1. The molecule has 1 aliphatic rings. The maximum absolute atomic E-state index is 12.8. The van der Waals surface area contributed by atoms with Crippen LogP contribution >= 0.6 is 34.8 Å². The highest BCUT2D eigenvalue weighted by atomic mass is 35.5. The van der Waals surface area contributed by atoms with E-state index in [-0.39, 0.29) is 11.8 Å². The number of anilines is 1. The summed E-state index contributed by atoms with van der Waals surface area (Å²) in [6, 6.07) is 10.6. The van der Waals surface area contributed by atoms with Crippen LogP contribution in [0.4, 0.5) is 5.69 Å². The molecular weight excluding hydrogens is 459 g/mol. The Balaban J connectivity index is 1.39. The lowest BCUT2D eigenvalue weighted by Crippen LogP contribution is -2.40. The lowest BCUT2D eigenvalue weighted by atomic mass is 9.97. The van der Waals surface area contributed by atoms with Crippen LogP contribution in [0.2, 0.25) is 15.1 Å². The van der Waals surface area contributed by atoms with Crippen molar-refractivity contribution in [1.82, 2.24) is 15.0 Å². The molecule has 3 aromatic rings. The number of carbonyl (C=O) groups excluding carboxylic acids is 1. The molecule has 162 valence electrons. The Labute approximate surface area is 195 Å². The van der Waals surface area contributed by atoms with Crippen molar-refractivity contribution in [1.29, 1.82) is 0 Å². The minimum atomic E-state index is -0.114. The zero-order valence-corrected chi connectivity index (χ0v) is 19.1. The summed E-state index contributed by atoms with van der Waals surface area (Å²) in [4.78, 5) is 19.4. The molecule has 0 spiro atoms. The van der Waals surface area contributed by atoms with Crippen molar-refractivity contribution in [3.8, 4) is 11.4 Å². The van der Waals surface area contributed by atoms with Crippen LogP contribution in [0.15, 0.2) is 40.9 Å². The number of nitrogens with zero attached hydrogens (tertiary/aromatic N) is 3. The van der Waals surface area contributed by atoms with Gasteiger partial charge < -0.3 is 9.84 Å². The molecule has 1 atom stereocenters. The Hall–Kier alpha value is -2.12. The number of benzene rings is 2. The Morgan fingerprint density at radius 1 is 1.19 bits per heavy atom. The lowest BCUT2D eigenvalue weighted by molar-refractivity contribution is -0.121. The fourth-order valence-electron chi connectivity index (χ4n) is 3.71. The van der Waals surface area contributed by atoms with E-state index in [1.165, 1.54) is 0 Å². The van der Waals surface area contributed by atoms with Crippen molar-refractivity contribution >= 4 is 46.4 Å². The standard InChI is InChI=1S/C22H21Cl3N4O2/c1-13-9-15(23)5-7-19(13)26-22(30)14-3-2-8-29(11-14)12-20-27-21(28-31-20)17-6-4-16(24)10-18(17)25/h4-7,9-10,14H,2-3,8,11-12H2,1H3,(H,26,30). The second-order valence-electron chi connectivity index (χ2n) is 7.66. The average Bonchev–Trinajstić information content (AvgIpc) is 3.18. The van der Waals surface area contributed by atoms with Crippen molar-refractivity contribution in [3.63, 3.8) is 0 Å². The molecule has 0 aliphatic carbocycles. The van der Waals surface area contributed by atoms with Gasteiger partial charge in [0.05, 0.1) is 17.5 Å². The molecule has 1 saturated heterocycles. The minimum absolute atomic E-state index is 0.00860. The van der Waals surface area contributed by atoms with Crippen LogP contribution in [0.25, 0.3) is 11.4 Å². The summed E-state index contributed by atoms with van der Waals surface area (Å²) in [6.45, 7) is 3.89. The fraction of sp³-hybridized carbons (Fsp3) is 0.318. The zero-order chi connectivity index (χ0) is 22.0. The topological polar surface area (TPSA) is 71.3 Å². The van der Waals surface area contributed by atoms with E-state index in [0.29, 0.717) is 45.4 Å². The molecule has 1 aromatic heterocycles. The minimum Gasteiger partial charge on any atom is -0.338 e. The molecule has 1 fully saturated rings. The summed E-state index contributed by atoms with van der Waals surface area (Å²) < 4.78 is 5.42. The quantitative estimate of drug-likeness (QED) is 0.496. The van der Waals surface area contributed by atoms with E-state index in [0.717, 1.165) is 30.6 Å². The van der Waals surface area contributed by atoms with Crippen LogP contribution in [0, 0.1) is 12.8 Å². The van der Waals surface area contributed by atoms with Crippen molar-refractivity contribution in [2.45, 2.75) is 26.3 Å². The van der Waals surface area contributed by atoms with Gasteiger partial charge in [-0.1, -0.05) is 40.0 Å². The van der Waals surface area contributed by atoms with Crippen LogP contribution in [0.5, 0.6) is 0 Å². The maximum atomic E-state index is 12.8. The third-order valence-corrected chi connectivity index (χ3v) is 6.10. The third-order valence-electron chi connectivity index (χ3n) is 5.32. The number of likely N-dealkylation sites (tertiary alicyclic amines) is 1. The molecule has 0 saturated carbocycles. The number of nitrogens with one attached hydrogen (secondary N) is 1. The molecule has 0 bridgehead atoms. The van der Waals surface area contributed by atoms with Crippen LogP contribution < -0.4 is 5.32 Å². The molecule has 2 heterocycles. The smallest absolute Gasteiger partial charge is 0.241 e. The van der Waals surface area contributed by atoms with Gasteiger partial charge in [0.2, 0.25) is 17.6 Å². The molecule has 9 heteroatoms. The van der Waals surface area contributed by atoms with Gasteiger partial charge in [0.25, 0.3) is 0 Å². The average molecular weight is 480 g/mol. The maximum Gasteiger partial charge on any atom is 0.241 e. The molecule has 1 amide bonds. The van der Waals surface area contributed by atoms with Crippen LogP contribution in [0.3, 0.4) is 0 Å². The number of piperidine rings is 1. The summed E-state index contributed by atoms with van der Waals surface area (Å²) >= 11 is 18.2. The van der Waals surface area contributed by atoms with Crippen molar-refractivity contribution in [2.24, 2.45) is 5.92 Å². The largest absolute Gasteiger partial charge is 0.338 e. The van der Waals surface area contributed by atoms with E-state index in [1.54, 1.807) is 24.3 Å².